The topological polar surface area (TPSA) is 0 Å². The van der Waals surface area contributed by atoms with Crippen LogP contribution in [0.25, 0.3) is 0 Å². The SMILES string of the molecule is PP(P)B(P(P)P(P)P)P(P(P)P)P(P)P. The highest BCUT2D eigenvalue weighted by atomic mass is 33.0. The lowest BCUT2D eigenvalue weighted by atomic mass is 10.7. The van der Waals surface area contributed by atoms with Crippen LogP contribution in [-0.2, 0) is 0 Å². The highest BCUT2D eigenvalue weighted by Gasteiger charge is 2.39. The minimum atomic E-state index is -0.00130. The summed E-state index contributed by atoms with van der Waals surface area (Å²) in [6, 6.07) is 0. The first-order valence-corrected chi connectivity index (χ1v) is 28.6. The smallest absolute Gasteiger partial charge is 0.115 e. The van der Waals surface area contributed by atoms with Crippen LogP contribution < -0.4 is 0 Å². The van der Waals surface area contributed by atoms with Crippen LogP contribution in [0.1, 0.15) is 0 Å². The van der Waals surface area contributed by atoms with Gasteiger partial charge in [0, 0.05) is 0 Å². The van der Waals surface area contributed by atoms with Crippen molar-refractivity contribution in [3.63, 3.8) is 0 Å². The van der Waals surface area contributed by atoms with Crippen molar-refractivity contribution < 1.29 is 0 Å². The van der Waals surface area contributed by atoms with Gasteiger partial charge in [0.05, 0.1) is 0 Å². The van der Waals surface area contributed by atoms with Crippen molar-refractivity contribution in [3.8, 4) is 0 Å². The fourth-order valence-corrected chi connectivity index (χ4v) is 87.3. The zero-order chi connectivity index (χ0) is 13.0. The van der Waals surface area contributed by atoms with Gasteiger partial charge in [0.1, 0.15) is 0 Å². The largest absolute Gasteiger partial charge is 0.256 e. The lowest BCUT2D eigenvalue weighted by molar-refractivity contribution is 4.17. The Labute approximate surface area is 128 Å². The molecule has 0 aromatic rings. The molecule has 0 nitrogen and oxygen atoms in total. The van der Waals surface area contributed by atoms with Gasteiger partial charge in [0.15, 0.2) is 0 Å². The predicted molar refractivity (Wildman–Crippen MR) is 135 cm³/mol. The van der Waals surface area contributed by atoms with E-state index in [9.17, 15) is 0 Å². The Morgan fingerprint density at radius 3 is 1.12 bits per heavy atom. The second-order valence-electron chi connectivity index (χ2n) is 2.63. The minimum absolute atomic E-state index is 0.00130. The predicted octanol–water partition coefficient (Wildman–Crippen LogP) is 7.72. The Kier molecular flexibility index (Phi) is 16.8. The number of hydrogen-bond donors (Lipinski definition) is 0. The summed E-state index contributed by atoms with van der Waals surface area (Å²) in [6.07, 6.45) is 0. The van der Waals surface area contributed by atoms with Crippen LogP contribution in [0.5, 0.6) is 0 Å². The van der Waals surface area contributed by atoms with E-state index in [1.54, 1.807) is 0 Å². The fourth-order valence-electron chi connectivity index (χ4n) is 0.839. The van der Waals surface area contributed by atoms with E-state index in [0.29, 0.717) is 0 Å². The van der Waals surface area contributed by atoms with Gasteiger partial charge in [0.2, 0.25) is 0 Å². The van der Waals surface area contributed by atoms with E-state index in [2.05, 4.69) is 80.4 Å². The summed E-state index contributed by atoms with van der Waals surface area (Å²) < 4.78 is 0. The Balaban J connectivity index is 5.00. The van der Waals surface area contributed by atoms with E-state index in [-0.39, 0.29) is 42.5 Å². The third-order valence-corrected chi connectivity index (χ3v) is 57.5. The summed E-state index contributed by atoms with van der Waals surface area (Å²) in [5.41, 5.74) is 0. The van der Waals surface area contributed by atoms with Gasteiger partial charge in [-0.2, -0.15) is 0 Å². The van der Waals surface area contributed by atoms with Crippen molar-refractivity contribution in [1.82, 2.24) is 0 Å². The van der Waals surface area contributed by atoms with E-state index in [0.717, 1.165) is 5.87 Å². The quantitative estimate of drug-likeness (QED) is 0.263. The first kappa shape index (κ1) is 22.5. The molecule has 0 bridgehead atoms. The molecule has 96 valence electrons. The second-order valence-corrected chi connectivity index (χ2v) is 50.6. The van der Waals surface area contributed by atoms with Gasteiger partial charge in [-0.3, -0.25) is 0 Å². The average molecular weight is 494 g/mol. The fraction of sp³-hybridized carbons (Fsp3) is 0. The molecular weight excluding hydrogens is 475 g/mol. The Morgan fingerprint density at radius 2 is 0.938 bits per heavy atom. The molecule has 0 N–H and O–H groups in total. The zero-order valence-corrected chi connectivity index (χ0v) is 24.2. The molecule has 0 aromatic carbocycles. The van der Waals surface area contributed by atoms with Gasteiger partial charge >= 0.3 is 0 Å². The third-order valence-electron chi connectivity index (χ3n) is 1.45. The van der Waals surface area contributed by atoms with E-state index < -0.39 is 0 Å². The van der Waals surface area contributed by atoms with Crippen LogP contribution in [0.15, 0.2) is 0 Å². The van der Waals surface area contributed by atoms with Crippen LogP contribution >= 0.6 is 123 Å². The number of hydrogen-bond acceptors (Lipinski definition) is 0. The monoisotopic (exact) mass is 494 g/mol. The highest BCUT2D eigenvalue weighted by Crippen LogP contribution is 3.06. The normalized spacial score (nSPS) is 14.6. The maximum Gasteiger partial charge on any atom is 0.256 e. The van der Waals surface area contributed by atoms with Gasteiger partial charge in [0.25, 0.3) is 5.87 Å². The lowest BCUT2D eigenvalue weighted by Crippen LogP contribution is -1.93. The molecule has 0 saturated carbocycles. The maximum atomic E-state index is 3.16. The van der Waals surface area contributed by atoms with Crippen molar-refractivity contribution in [2.45, 2.75) is 0 Å². The molecule has 0 heterocycles. The standard InChI is InChI=1S/BH18P15/c2-11(3)1(12(4)14(5)6)13(15(7)8)16(9)10/h2-10H2. The molecule has 10 unspecified atom stereocenters. The third kappa shape index (κ3) is 8.39. The van der Waals surface area contributed by atoms with Crippen molar-refractivity contribution in [2.75, 3.05) is 0 Å². The molecule has 0 aliphatic heterocycles. The van der Waals surface area contributed by atoms with Gasteiger partial charge in [-0.05, 0) is 21.0 Å². The second kappa shape index (κ2) is 12.0. The molecule has 0 spiro atoms. The first-order valence-electron chi connectivity index (χ1n) is 3.70. The summed E-state index contributed by atoms with van der Waals surface area (Å²) in [7, 11) is 27.8. The molecule has 0 aliphatic carbocycles. The number of rotatable bonds is 6. The van der Waals surface area contributed by atoms with Crippen LogP contribution in [0.3, 0.4) is 0 Å². The van der Waals surface area contributed by atoms with E-state index in [4.69, 9.17) is 0 Å². The van der Waals surface area contributed by atoms with Gasteiger partial charge in [-0.15, -0.1) is 80.4 Å². The molecule has 0 amide bonds. The van der Waals surface area contributed by atoms with Crippen molar-refractivity contribution in [2.24, 2.45) is 0 Å². The minimum Gasteiger partial charge on any atom is -0.115 e. The molecule has 0 aromatic heterocycles. The summed E-state index contributed by atoms with van der Waals surface area (Å²) in [5, 5.41) is 0. The Morgan fingerprint density at radius 1 is 0.562 bits per heavy atom. The molecule has 16 heteroatoms. The van der Waals surface area contributed by atoms with Crippen molar-refractivity contribution >= 4 is 129 Å². The van der Waals surface area contributed by atoms with E-state index >= 15 is 0 Å². The summed E-state index contributed by atoms with van der Waals surface area (Å²) >= 11 is 0. The molecule has 0 saturated heterocycles. The molecule has 16 heavy (non-hydrogen) atoms. The van der Waals surface area contributed by atoms with E-state index in [1.807, 2.05) is 0 Å². The lowest BCUT2D eigenvalue weighted by Gasteiger charge is -2.38. The maximum absolute atomic E-state index is 3.16. The van der Waals surface area contributed by atoms with Gasteiger partial charge < -0.3 is 0 Å². The Hall–Kier alpha value is 6.51. The average Bonchev–Trinajstić information content (AvgIpc) is 2.10. The first-order chi connectivity index (χ1) is 7.20. The van der Waals surface area contributed by atoms with Crippen LogP contribution in [0.2, 0.25) is 0 Å². The highest BCUT2D eigenvalue weighted by molar-refractivity contribution is 9.13. The van der Waals surface area contributed by atoms with Crippen LogP contribution in [-0.4, -0.2) is 5.87 Å². The summed E-state index contributed by atoms with van der Waals surface area (Å²) in [6.45, 7) is 0.109. The van der Waals surface area contributed by atoms with Gasteiger partial charge in [-0.25, -0.2) is 0 Å². The van der Waals surface area contributed by atoms with Crippen LogP contribution in [0, 0.1) is 0 Å². The van der Waals surface area contributed by atoms with Crippen molar-refractivity contribution in [1.29, 1.82) is 0 Å². The van der Waals surface area contributed by atoms with E-state index in [1.165, 1.54) is 0 Å². The zero-order valence-electron chi connectivity index (χ0n) is 8.46. The van der Waals surface area contributed by atoms with Crippen molar-refractivity contribution in [3.05, 3.63) is 0 Å². The molecule has 0 aliphatic rings. The molecule has 0 fully saturated rings. The molecule has 0 rings (SSSR count). The van der Waals surface area contributed by atoms with Gasteiger partial charge in [-0.1, -0.05) is 21.5 Å². The molecule has 10 atom stereocenters. The summed E-state index contributed by atoms with van der Waals surface area (Å²) in [5.74, 6) is 0.906. The molecule has 0 radical (unpaired) electrons. The van der Waals surface area contributed by atoms with Crippen LogP contribution in [0.4, 0.5) is 0 Å². The summed E-state index contributed by atoms with van der Waals surface area (Å²) in [4.78, 5) is 0. The molecular formula is H18BP15. The Bertz CT molecular complexity index is 174.